The highest BCUT2D eigenvalue weighted by molar-refractivity contribution is 6.41. The molecule has 1 aromatic carbocycles. The van der Waals surface area contributed by atoms with E-state index in [4.69, 9.17) is 0 Å². The molecule has 2 aromatic rings. The maximum absolute atomic E-state index is 12.1. The number of hydrogen-bond acceptors (Lipinski definition) is 2. The Morgan fingerprint density at radius 3 is 2.06 bits per heavy atom. The zero-order valence-corrected chi connectivity index (χ0v) is 9.88. The Morgan fingerprint density at radius 2 is 1.56 bits per heavy atom. The number of hydrogen-bond donors (Lipinski definition) is 0. The molecule has 0 atom stereocenters. The highest BCUT2D eigenvalue weighted by Crippen LogP contribution is 2.27. The number of fused-ring (bicyclic) bond motifs is 1. The summed E-state index contributed by atoms with van der Waals surface area (Å²) in [6, 6.07) is 10.7. The van der Waals surface area contributed by atoms with Gasteiger partial charge in [-0.2, -0.15) is 0 Å². The first-order chi connectivity index (χ1) is 8.68. The third kappa shape index (κ3) is 1.44. The van der Waals surface area contributed by atoms with Crippen LogP contribution in [0.3, 0.4) is 0 Å². The zero-order chi connectivity index (χ0) is 12.7. The molecule has 0 saturated heterocycles. The number of allylic oxidation sites excluding steroid dienone is 1. The number of Topliss-reactive ketones (excluding diaryl/α,β-unsaturated/α-hetero) is 2. The minimum Gasteiger partial charge on any atom is -0.351 e. The van der Waals surface area contributed by atoms with Gasteiger partial charge in [0, 0.05) is 30.1 Å². The molecule has 0 spiro atoms. The van der Waals surface area contributed by atoms with Crippen LogP contribution in [0.5, 0.6) is 0 Å². The lowest BCUT2D eigenvalue weighted by Gasteiger charge is -1.97. The van der Waals surface area contributed by atoms with Crippen molar-refractivity contribution in [3.63, 3.8) is 0 Å². The van der Waals surface area contributed by atoms with Crippen LogP contribution in [0, 0.1) is 0 Å². The monoisotopic (exact) mass is 237 g/mol. The molecule has 18 heavy (non-hydrogen) atoms. The molecular weight excluding hydrogens is 226 g/mol. The summed E-state index contributed by atoms with van der Waals surface area (Å²) in [6.07, 6.45) is 3.54. The summed E-state index contributed by atoms with van der Waals surface area (Å²) in [4.78, 5) is 24.3. The van der Waals surface area contributed by atoms with E-state index in [0.717, 1.165) is 5.69 Å². The number of rotatable bonds is 1. The van der Waals surface area contributed by atoms with E-state index in [1.807, 2.05) is 29.9 Å². The van der Waals surface area contributed by atoms with Crippen molar-refractivity contribution < 1.29 is 9.59 Å². The van der Waals surface area contributed by atoms with Gasteiger partial charge in [0.05, 0.1) is 5.57 Å². The van der Waals surface area contributed by atoms with Crippen molar-refractivity contribution in [2.75, 3.05) is 0 Å². The summed E-state index contributed by atoms with van der Waals surface area (Å²) in [5.41, 5.74) is 2.10. The average molecular weight is 237 g/mol. The van der Waals surface area contributed by atoms with E-state index < -0.39 is 0 Å². The molecule has 1 aliphatic carbocycles. The standard InChI is InChI=1S/C15H11NO2/c1-16-8-4-5-10(16)9-13-14(17)11-6-2-3-7-12(11)15(13)18/h2-9H,1H3. The molecule has 0 bridgehead atoms. The molecule has 1 aliphatic rings. The lowest BCUT2D eigenvalue weighted by molar-refractivity contribution is 0.0990. The fourth-order valence-corrected chi connectivity index (χ4v) is 2.18. The lowest BCUT2D eigenvalue weighted by Crippen LogP contribution is -2.01. The summed E-state index contributed by atoms with van der Waals surface area (Å²) < 4.78 is 1.87. The van der Waals surface area contributed by atoms with Crippen LogP contribution in [0.2, 0.25) is 0 Å². The maximum Gasteiger partial charge on any atom is 0.197 e. The van der Waals surface area contributed by atoms with Gasteiger partial charge in [-0.3, -0.25) is 9.59 Å². The molecular formula is C15H11NO2. The molecule has 1 aromatic heterocycles. The van der Waals surface area contributed by atoms with Gasteiger partial charge >= 0.3 is 0 Å². The van der Waals surface area contributed by atoms with Gasteiger partial charge in [-0.25, -0.2) is 0 Å². The fraction of sp³-hybridized carbons (Fsp3) is 0.0667. The van der Waals surface area contributed by atoms with E-state index in [1.54, 1.807) is 30.3 Å². The Bertz CT molecular complexity index is 655. The normalized spacial score (nSPS) is 13.9. The van der Waals surface area contributed by atoms with Crippen LogP contribution in [0.25, 0.3) is 6.08 Å². The van der Waals surface area contributed by atoms with Crippen LogP contribution in [0.1, 0.15) is 26.4 Å². The Kier molecular flexibility index (Phi) is 2.27. The Labute approximate surface area is 104 Å². The first kappa shape index (κ1) is 10.7. The van der Waals surface area contributed by atoms with E-state index in [9.17, 15) is 9.59 Å². The highest BCUT2D eigenvalue weighted by atomic mass is 16.2. The number of aromatic nitrogens is 1. The van der Waals surface area contributed by atoms with Gasteiger partial charge in [0.15, 0.2) is 11.6 Å². The van der Waals surface area contributed by atoms with Crippen LogP contribution in [-0.4, -0.2) is 16.1 Å². The van der Waals surface area contributed by atoms with Crippen molar-refractivity contribution in [2.45, 2.75) is 0 Å². The van der Waals surface area contributed by atoms with E-state index >= 15 is 0 Å². The molecule has 3 rings (SSSR count). The Morgan fingerprint density at radius 1 is 0.944 bits per heavy atom. The summed E-state index contributed by atoms with van der Waals surface area (Å²) in [5, 5.41) is 0. The maximum atomic E-state index is 12.1. The molecule has 3 heteroatoms. The number of carbonyl (C=O) groups is 2. The third-order valence-electron chi connectivity index (χ3n) is 3.18. The average Bonchev–Trinajstić information content (AvgIpc) is 2.89. The highest BCUT2D eigenvalue weighted by Gasteiger charge is 2.32. The molecule has 0 radical (unpaired) electrons. The van der Waals surface area contributed by atoms with Crippen molar-refractivity contribution in [3.8, 4) is 0 Å². The predicted octanol–water partition coefficient (Wildman–Crippen LogP) is 2.49. The van der Waals surface area contributed by atoms with Gasteiger partial charge in [0.25, 0.3) is 0 Å². The quantitative estimate of drug-likeness (QED) is 0.564. The zero-order valence-electron chi connectivity index (χ0n) is 9.88. The van der Waals surface area contributed by atoms with Gasteiger partial charge in [-0.05, 0) is 18.2 Å². The fourth-order valence-electron chi connectivity index (χ4n) is 2.18. The van der Waals surface area contributed by atoms with Crippen LogP contribution < -0.4 is 0 Å². The van der Waals surface area contributed by atoms with Crippen LogP contribution >= 0.6 is 0 Å². The molecule has 0 unspecified atom stereocenters. The molecule has 0 N–H and O–H groups in total. The van der Waals surface area contributed by atoms with E-state index in [-0.39, 0.29) is 17.1 Å². The van der Waals surface area contributed by atoms with Gasteiger partial charge in [-0.15, -0.1) is 0 Å². The molecule has 0 saturated carbocycles. The van der Waals surface area contributed by atoms with Crippen molar-refractivity contribution in [2.24, 2.45) is 7.05 Å². The Hall–Kier alpha value is -2.42. The van der Waals surface area contributed by atoms with Crippen molar-refractivity contribution in [1.82, 2.24) is 4.57 Å². The van der Waals surface area contributed by atoms with Crippen LogP contribution in [0.15, 0.2) is 48.2 Å². The predicted molar refractivity (Wildman–Crippen MR) is 68.5 cm³/mol. The number of ketones is 2. The molecule has 0 fully saturated rings. The van der Waals surface area contributed by atoms with Gasteiger partial charge in [0.2, 0.25) is 0 Å². The van der Waals surface area contributed by atoms with Crippen LogP contribution in [-0.2, 0) is 7.05 Å². The number of carbonyl (C=O) groups excluding carboxylic acids is 2. The number of benzene rings is 1. The molecule has 0 aliphatic heterocycles. The molecule has 88 valence electrons. The van der Waals surface area contributed by atoms with Gasteiger partial charge in [-0.1, -0.05) is 24.3 Å². The van der Waals surface area contributed by atoms with Gasteiger partial charge < -0.3 is 4.57 Å². The first-order valence-electron chi connectivity index (χ1n) is 5.70. The van der Waals surface area contributed by atoms with E-state index in [2.05, 4.69) is 0 Å². The molecule has 0 amide bonds. The number of aryl methyl sites for hydroxylation is 1. The Balaban J connectivity index is 2.13. The summed E-state index contributed by atoms with van der Waals surface area (Å²) in [5.74, 6) is -0.367. The second kappa shape index (κ2) is 3.81. The van der Waals surface area contributed by atoms with Crippen molar-refractivity contribution in [3.05, 3.63) is 65.0 Å². The van der Waals surface area contributed by atoms with Crippen molar-refractivity contribution >= 4 is 17.6 Å². The number of nitrogens with zero attached hydrogens (tertiary/aromatic N) is 1. The van der Waals surface area contributed by atoms with Crippen molar-refractivity contribution in [1.29, 1.82) is 0 Å². The second-order valence-electron chi connectivity index (χ2n) is 4.31. The minimum absolute atomic E-state index is 0.184. The van der Waals surface area contributed by atoms with E-state index in [1.165, 1.54) is 0 Å². The van der Waals surface area contributed by atoms with Crippen LogP contribution in [0.4, 0.5) is 0 Å². The smallest absolute Gasteiger partial charge is 0.197 e. The topological polar surface area (TPSA) is 39.1 Å². The third-order valence-corrected chi connectivity index (χ3v) is 3.18. The first-order valence-corrected chi connectivity index (χ1v) is 5.70. The van der Waals surface area contributed by atoms with E-state index in [0.29, 0.717) is 11.1 Å². The summed E-state index contributed by atoms with van der Waals surface area (Å²) in [6.45, 7) is 0. The largest absolute Gasteiger partial charge is 0.351 e. The SMILES string of the molecule is Cn1cccc1C=C1C(=O)c2ccccc2C1=O. The second-order valence-corrected chi connectivity index (χ2v) is 4.31. The summed E-state index contributed by atoms with van der Waals surface area (Å²) >= 11 is 0. The lowest BCUT2D eigenvalue weighted by atomic mass is 10.1. The molecule has 1 heterocycles. The summed E-state index contributed by atoms with van der Waals surface area (Å²) in [7, 11) is 1.88. The van der Waals surface area contributed by atoms with Gasteiger partial charge in [0.1, 0.15) is 0 Å². The minimum atomic E-state index is -0.184. The molecule has 3 nitrogen and oxygen atoms in total.